The molecule has 11 heavy (non-hydrogen) atoms. The number of amidine groups is 1. The first-order chi connectivity index (χ1) is 5.29. The summed E-state index contributed by atoms with van der Waals surface area (Å²) in [5, 5.41) is 6.97. The number of nitrogens with one attached hydrogen (secondary N) is 1. The Morgan fingerprint density at radius 3 is 2.91 bits per heavy atom. The van der Waals surface area contributed by atoms with Crippen LogP contribution >= 0.6 is 0 Å². The molecule has 0 atom stereocenters. The van der Waals surface area contributed by atoms with Gasteiger partial charge >= 0.3 is 0 Å². The Morgan fingerprint density at radius 2 is 2.36 bits per heavy atom. The van der Waals surface area contributed by atoms with Crippen molar-refractivity contribution in [1.29, 1.82) is 5.41 Å². The van der Waals surface area contributed by atoms with Gasteiger partial charge in [-0.25, -0.2) is 0 Å². The van der Waals surface area contributed by atoms with E-state index in [2.05, 4.69) is 9.97 Å². The maximum atomic E-state index is 6.97. The second-order valence-corrected chi connectivity index (χ2v) is 2.22. The molecule has 0 saturated carbocycles. The normalized spacial score (nSPS) is 9.45. The van der Waals surface area contributed by atoms with E-state index in [1.54, 1.807) is 18.6 Å². The molecule has 58 valence electrons. The molecule has 0 unspecified atom stereocenters. The van der Waals surface area contributed by atoms with Crippen LogP contribution in [-0.4, -0.2) is 15.8 Å². The maximum absolute atomic E-state index is 6.97. The molecule has 0 amide bonds. The Morgan fingerprint density at radius 1 is 1.55 bits per heavy atom. The summed E-state index contributed by atoms with van der Waals surface area (Å²) < 4.78 is 0. The number of nitrogens with zero attached hydrogens (tertiary/aromatic N) is 2. The Kier molecular flexibility index (Phi) is 2.54. The first-order valence-corrected chi connectivity index (χ1v) is 3.37. The summed E-state index contributed by atoms with van der Waals surface area (Å²) in [6.45, 7) is 0. The van der Waals surface area contributed by atoms with Crippen molar-refractivity contribution >= 4 is 5.84 Å². The highest BCUT2D eigenvalue weighted by molar-refractivity contribution is 5.76. The highest BCUT2D eigenvalue weighted by atomic mass is 14.8. The summed E-state index contributed by atoms with van der Waals surface area (Å²) in [5.41, 5.74) is 6.05. The molecule has 4 nitrogen and oxygen atoms in total. The van der Waals surface area contributed by atoms with Gasteiger partial charge in [0.05, 0.1) is 11.5 Å². The third-order valence-electron chi connectivity index (χ3n) is 1.27. The van der Waals surface area contributed by atoms with Gasteiger partial charge in [-0.15, -0.1) is 0 Å². The molecule has 0 spiro atoms. The molecule has 1 rings (SSSR count). The van der Waals surface area contributed by atoms with Crippen molar-refractivity contribution in [3.8, 4) is 0 Å². The minimum Gasteiger partial charge on any atom is -0.388 e. The van der Waals surface area contributed by atoms with Crippen LogP contribution in [0.25, 0.3) is 0 Å². The molecule has 1 aromatic heterocycles. The molecule has 0 radical (unpaired) electrons. The van der Waals surface area contributed by atoms with Crippen LogP contribution in [0.2, 0.25) is 0 Å². The Balaban J connectivity index is 2.45. The number of rotatable bonds is 3. The van der Waals surface area contributed by atoms with Crippen molar-refractivity contribution in [2.24, 2.45) is 5.73 Å². The van der Waals surface area contributed by atoms with Crippen LogP contribution < -0.4 is 5.73 Å². The molecule has 0 aliphatic heterocycles. The zero-order valence-corrected chi connectivity index (χ0v) is 6.12. The van der Waals surface area contributed by atoms with Crippen molar-refractivity contribution in [3.63, 3.8) is 0 Å². The van der Waals surface area contributed by atoms with E-state index >= 15 is 0 Å². The van der Waals surface area contributed by atoms with Crippen LogP contribution in [0.1, 0.15) is 12.1 Å². The quantitative estimate of drug-likeness (QED) is 0.482. The third kappa shape index (κ3) is 2.75. The SMILES string of the molecule is N=C(N)CCc1cnccn1. The number of aryl methyl sites for hydroxylation is 1. The Labute approximate surface area is 65.0 Å². The first kappa shape index (κ1) is 7.65. The van der Waals surface area contributed by atoms with Gasteiger partial charge in [-0.05, 0) is 6.42 Å². The van der Waals surface area contributed by atoms with E-state index in [0.29, 0.717) is 12.8 Å². The van der Waals surface area contributed by atoms with E-state index in [9.17, 15) is 0 Å². The van der Waals surface area contributed by atoms with Crippen molar-refractivity contribution in [2.45, 2.75) is 12.8 Å². The van der Waals surface area contributed by atoms with Crippen molar-refractivity contribution < 1.29 is 0 Å². The Bertz CT molecular complexity index is 231. The monoisotopic (exact) mass is 150 g/mol. The van der Waals surface area contributed by atoms with Crippen molar-refractivity contribution in [3.05, 3.63) is 24.3 Å². The summed E-state index contributed by atoms with van der Waals surface area (Å²) in [6.07, 6.45) is 6.19. The average Bonchev–Trinajstić information content (AvgIpc) is 2.03. The Hall–Kier alpha value is -1.45. The highest BCUT2D eigenvalue weighted by Crippen LogP contribution is 1.94. The molecular formula is C7H10N4. The smallest absolute Gasteiger partial charge is 0.0909 e. The molecule has 4 heteroatoms. The van der Waals surface area contributed by atoms with E-state index in [1.165, 1.54) is 0 Å². The predicted molar refractivity (Wildman–Crippen MR) is 42.3 cm³/mol. The van der Waals surface area contributed by atoms with Gasteiger partial charge in [-0.3, -0.25) is 15.4 Å². The van der Waals surface area contributed by atoms with Gasteiger partial charge in [0.15, 0.2) is 0 Å². The molecule has 1 aromatic rings. The summed E-state index contributed by atoms with van der Waals surface area (Å²) >= 11 is 0. The first-order valence-electron chi connectivity index (χ1n) is 3.37. The summed E-state index contributed by atoms with van der Waals surface area (Å²) in [4.78, 5) is 7.92. The fourth-order valence-corrected chi connectivity index (χ4v) is 0.722. The molecule has 0 saturated heterocycles. The van der Waals surface area contributed by atoms with Crippen molar-refractivity contribution in [1.82, 2.24) is 9.97 Å². The zero-order valence-electron chi connectivity index (χ0n) is 6.12. The van der Waals surface area contributed by atoms with Gasteiger partial charge in [-0.1, -0.05) is 0 Å². The largest absolute Gasteiger partial charge is 0.388 e. The second-order valence-electron chi connectivity index (χ2n) is 2.22. The minimum atomic E-state index is 0.190. The van der Waals surface area contributed by atoms with Crippen molar-refractivity contribution in [2.75, 3.05) is 0 Å². The van der Waals surface area contributed by atoms with Gasteiger partial charge in [0, 0.05) is 25.0 Å². The molecule has 0 fully saturated rings. The lowest BCUT2D eigenvalue weighted by atomic mass is 10.2. The van der Waals surface area contributed by atoms with Gasteiger partial charge in [0.2, 0.25) is 0 Å². The van der Waals surface area contributed by atoms with Gasteiger partial charge in [-0.2, -0.15) is 0 Å². The maximum Gasteiger partial charge on any atom is 0.0909 e. The van der Waals surface area contributed by atoms with Gasteiger partial charge in [0.1, 0.15) is 0 Å². The molecule has 1 heterocycles. The van der Waals surface area contributed by atoms with Crippen LogP contribution in [0, 0.1) is 5.41 Å². The lowest BCUT2D eigenvalue weighted by Crippen LogP contribution is -2.10. The highest BCUT2D eigenvalue weighted by Gasteiger charge is 1.94. The standard InChI is InChI=1S/C7H10N4/c8-7(9)2-1-6-5-10-3-4-11-6/h3-5H,1-2H2,(H3,8,9). The van der Waals surface area contributed by atoms with E-state index in [0.717, 1.165) is 5.69 Å². The molecule has 0 aromatic carbocycles. The molecule has 3 N–H and O–H groups in total. The topological polar surface area (TPSA) is 75.7 Å². The predicted octanol–water partition coefficient (Wildman–Crippen LogP) is 0.345. The van der Waals surface area contributed by atoms with Crippen LogP contribution in [0.3, 0.4) is 0 Å². The molecule has 0 aliphatic carbocycles. The van der Waals surface area contributed by atoms with E-state index in [-0.39, 0.29) is 5.84 Å². The van der Waals surface area contributed by atoms with Gasteiger partial charge in [0.25, 0.3) is 0 Å². The minimum absolute atomic E-state index is 0.190. The number of hydrogen-bond donors (Lipinski definition) is 2. The lowest BCUT2D eigenvalue weighted by Gasteiger charge is -1.96. The number of aromatic nitrogens is 2. The van der Waals surface area contributed by atoms with E-state index in [4.69, 9.17) is 11.1 Å². The average molecular weight is 150 g/mol. The summed E-state index contributed by atoms with van der Waals surface area (Å²) in [5.74, 6) is 0.190. The van der Waals surface area contributed by atoms with Crippen LogP contribution in [-0.2, 0) is 6.42 Å². The number of nitrogens with two attached hydrogens (primary N) is 1. The van der Waals surface area contributed by atoms with Crippen LogP contribution in [0.15, 0.2) is 18.6 Å². The zero-order chi connectivity index (χ0) is 8.10. The van der Waals surface area contributed by atoms with Gasteiger partial charge < -0.3 is 5.73 Å². The number of hydrogen-bond acceptors (Lipinski definition) is 3. The lowest BCUT2D eigenvalue weighted by molar-refractivity contribution is 0.937. The van der Waals surface area contributed by atoms with E-state index < -0.39 is 0 Å². The second kappa shape index (κ2) is 3.65. The fourth-order valence-electron chi connectivity index (χ4n) is 0.722. The molecule has 0 aliphatic rings. The summed E-state index contributed by atoms with van der Waals surface area (Å²) in [7, 11) is 0. The van der Waals surface area contributed by atoms with Crippen LogP contribution in [0.5, 0.6) is 0 Å². The van der Waals surface area contributed by atoms with E-state index in [1.807, 2.05) is 0 Å². The third-order valence-corrected chi connectivity index (χ3v) is 1.27. The molecular weight excluding hydrogens is 140 g/mol. The molecule has 0 bridgehead atoms. The van der Waals surface area contributed by atoms with Crippen LogP contribution in [0.4, 0.5) is 0 Å². The fraction of sp³-hybridized carbons (Fsp3) is 0.286. The summed E-state index contributed by atoms with van der Waals surface area (Å²) in [6, 6.07) is 0.